The lowest BCUT2D eigenvalue weighted by molar-refractivity contribution is -0.137. The van der Waals surface area contributed by atoms with Crippen LogP contribution in [0.25, 0.3) is 0 Å². The first-order valence-corrected chi connectivity index (χ1v) is 6.48. The predicted octanol–water partition coefficient (Wildman–Crippen LogP) is 3.00. The molecule has 2 rings (SSSR count). The topological polar surface area (TPSA) is 55.8 Å². The summed E-state index contributed by atoms with van der Waals surface area (Å²) in [5.74, 6) is -0.142. The molecule has 0 aromatic heterocycles. The summed E-state index contributed by atoms with van der Waals surface area (Å²) in [6.45, 7) is 0.396. The van der Waals surface area contributed by atoms with Gasteiger partial charge in [-0.2, -0.15) is 0 Å². The summed E-state index contributed by atoms with van der Waals surface area (Å²) in [5, 5.41) is 9.66. The van der Waals surface area contributed by atoms with Crippen molar-refractivity contribution in [1.29, 1.82) is 0 Å². The molecule has 0 bridgehead atoms. The van der Waals surface area contributed by atoms with Gasteiger partial charge in [-0.15, -0.1) is 0 Å². The van der Waals surface area contributed by atoms with Crippen molar-refractivity contribution >= 4 is 17.6 Å². The Hall–Kier alpha value is -1.26. The van der Waals surface area contributed by atoms with Gasteiger partial charge in [-0.3, -0.25) is 4.79 Å². The third kappa shape index (κ3) is 2.85. The minimum atomic E-state index is -0.794. The molecule has 0 unspecified atom stereocenters. The molecular weight excluding hydrogens is 268 g/mol. The molecule has 0 radical (unpaired) electrons. The molecule has 1 aromatic carbocycles. The first-order chi connectivity index (χ1) is 9.02. The predicted molar refractivity (Wildman–Crippen MR) is 71.9 cm³/mol. The Morgan fingerprint density at radius 3 is 2.58 bits per heavy atom. The maximum absolute atomic E-state index is 11.1. The minimum Gasteiger partial charge on any atom is -0.496 e. The minimum absolute atomic E-state index is 0.113. The number of carboxylic acid groups (broad SMARTS) is 1. The zero-order valence-corrected chi connectivity index (χ0v) is 11.8. The summed E-state index contributed by atoms with van der Waals surface area (Å²) in [6.07, 6.45) is 1.82. The van der Waals surface area contributed by atoms with Gasteiger partial charge in [-0.25, -0.2) is 0 Å². The van der Waals surface area contributed by atoms with Gasteiger partial charge in [0.25, 0.3) is 0 Å². The maximum atomic E-state index is 11.1. The van der Waals surface area contributed by atoms with Crippen molar-refractivity contribution in [1.82, 2.24) is 0 Å². The number of ether oxygens (including phenoxy) is 2. The van der Waals surface area contributed by atoms with Crippen LogP contribution in [-0.2, 0) is 21.6 Å². The number of methoxy groups -OCH3 is 2. The van der Waals surface area contributed by atoms with Crippen molar-refractivity contribution in [3.8, 4) is 5.75 Å². The molecule has 0 saturated heterocycles. The first kappa shape index (κ1) is 14.2. The molecule has 1 N–H and O–H groups in total. The van der Waals surface area contributed by atoms with Crippen molar-refractivity contribution in [2.75, 3.05) is 14.2 Å². The lowest BCUT2D eigenvalue weighted by atomic mass is 9.87. The molecule has 1 aliphatic rings. The molecule has 4 nitrogen and oxygen atoms in total. The van der Waals surface area contributed by atoms with E-state index in [0.717, 1.165) is 24.0 Å². The van der Waals surface area contributed by atoms with Crippen molar-refractivity contribution < 1.29 is 19.4 Å². The average Bonchev–Trinajstić information content (AvgIpc) is 3.08. The zero-order chi connectivity index (χ0) is 14.0. The van der Waals surface area contributed by atoms with E-state index in [4.69, 9.17) is 26.2 Å². The van der Waals surface area contributed by atoms with Crippen LogP contribution in [0.1, 0.15) is 30.4 Å². The van der Waals surface area contributed by atoms with E-state index in [-0.39, 0.29) is 11.8 Å². The van der Waals surface area contributed by atoms with E-state index in [1.807, 2.05) is 6.07 Å². The van der Waals surface area contributed by atoms with E-state index in [9.17, 15) is 4.79 Å². The number of hydrogen-bond donors (Lipinski definition) is 1. The fraction of sp³-hybridized carbons (Fsp3) is 0.500. The third-order valence-corrected chi connectivity index (χ3v) is 3.76. The van der Waals surface area contributed by atoms with Crippen molar-refractivity contribution in [2.24, 2.45) is 0 Å². The molecule has 1 aromatic rings. The number of rotatable bonds is 6. The van der Waals surface area contributed by atoms with Crippen molar-refractivity contribution in [3.63, 3.8) is 0 Å². The molecule has 0 heterocycles. The van der Waals surface area contributed by atoms with Gasteiger partial charge < -0.3 is 14.6 Å². The van der Waals surface area contributed by atoms with Crippen LogP contribution in [0.4, 0.5) is 0 Å². The zero-order valence-electron chi connectivity index (χ0n) is 11.0. The SMILES string of the molecule is COCc1cc(Cl)cc(OC)c1C1(CC(=O)O)CC1. The highest BCUT2D eigenvalue weighted by Crippen LogP contribution is 2.55. The van der Waals surface area contributed by atoms with Crippen LogP contribution in [0.2, 0.25) is 5.02 Å². The van der Waals surface area contributed by atoms with E-state index < -0.39 is 5.97 Å². The Labute approximate surface area is 117 Å². The molecule has 19 heavy (non-hydrogen) atoms. The molecule has 104 valence electrons. The summed E-state index contributed by atoms with van der Waals surface area (Å²) in [4.78, 5) is 11.1. The molecule has 1 fully saturated rings. The van der Waals surface area contributed by atoms with Gasteiger partial charge in [-0.05, 0) is 30.5 Å². The van der Waals surface area contributed by atoms with Crippen LogP contribution in [0.3, 0.4) is 0 Å². The van der Waals surface area contributed by atoms with Gasteiger partial charge in [0.15, 0.2) is 0 Å². The van der Waals surface area contributed by atoms with Gasteiger partial charge in [0.2, 0.25) is 0 Å². The Morgan fingerprint density at radius 1 is 1.42 bits per heavy atom. The van der Waals surface area contributed by atoms with Gasteiger partial charge in [0, 0.05) is 23.1 Å². The van der Waals surface area contributed by atoms with Crippen LogP contribution in [0.5, 0.6) is 5.75 Å². The van der Waals surface area contributed by atoms with Gasteiger partial charge >= 0.3 is 5.97 Å². The summed E-state index contributed by atoms with van der Waals surface area (Å²) in [6, 6.07) is 3.56. The van der Waals surface area contributed by atoms with Crippen LogP contribution in [0, 0.1) is 0 Å². The van der Waals surface area contributed by atoms with Gasteiger partial charge in [-0.1, -0.05) is 11.6 Å². The second-order valence-electron chi connectivity index (χ2n) is 4.93. The lowest BCUT2D eigenvalue weighted by Crippen LogP contribution is -2.17. The van der Waals surface area contributed by atoms with Crippen LogP contribution in [-0.4, -0.2) is 25.3 Å². The molecule has 0 atom stereocenters. The highest BCUT2D eigenvalue weighted by Gasteiger charge is 2.49. The van der Waals surface area contributed by atoms with Gasteiger partial charge in [0.1, 0.15) is 5.75 Å². The van der Waals surface area contributed by atoms with Crippen LogP contribution >= 0.6 is 11.6 Å². The smallest absolute Gasteiger partial charge is 0.304 e. The first-order valence-electron chi connectivity index (χ1n) is 6.10. The fourth-order valence-corrected chi connectivity index (χ4v) is 2.85. The summed E-state index contributed by atoms with van der Waals surface area (Å²) in [5.41, 5.74) is 1.52. The van der Waals surface area contributed by atoms with Crippen molar-refractivity contribution in [2.45, 2.75) is 31.3 Å². The number of carbonyl (C=O) groups is 1. The summed E-state index contributed by atoms with van der Waals surface area (Å²) in [7, 11) is 3.18. The highest BCUT2D eigenvalue weighted by atomic mass is 35.5. The normalized spacial score (nSPS) is 16.2. The molecule has 0 amide bonds. The van der Waals surface area contributed by atoms with Crippen molar-refractivity contribution in [3.05, 3.63) is 28.3 Å². The Bertz CT molecular complexity index is 494. The third-order valence-electron chi connectivity index (χ3n) is 3.54. The molecular formula is C14H17ClO4. The number of hydrogen-bond acceptors (Lipinski definition) is 3. The second kappa shape index (κ2) is 5.39. The van der Waals surface area contributed by atoms with E-state index >= 15 is 0 Å². The average molecular weight is 285 g/mol. The van der Waals surface area contributed by atoms with E-state index in [1.165, 1.54) is 0 Å². The standard InChI is InChI=1S/C14H17ClO4/c1-18-8-9-5-10(15)6-11(19-2)13(9)14(3-4-14)7-12(16)17/h5-6H,3-4,7-8H2,1-2H3,(H,16,17). The van der Waals surface area contributed by atoms with Crippen LogP contribution < -0.4 is 4.74 Å². The molecule has 1 aliphatic carbocycles. The van der Waals surface area contributed by atoms with E-state index in [1.54, 1.807) is 20.3 Å². The largest absolute Gasteiger partial charge is 0.496 e. The lowest BCUT2D eigenvalue weighted by Gasteiger charge is -2.21. The fourth-order valence-electron chi connectivity index (χ4n) is 2.62. The summed E-state index contributed by atoms with van der Waals surface area (Å²) < 4.78 is 10.6. The van der Waals surface area contributed by atoms with E-state index in [0.29, 0.717) is 17.4 Å². The number of halogens is 1. The quantitative estimate of drug-likeness (QED) is 0.872. The second-order valence-corrected chi connectivity index (χ2v) is 5.36. The maximum Gasteiger partial charge on any atom is 0.304 e. The molecule has 1 saturated carbocycles. The Morgan fingerprint density at radius 2 is 2.11 bits per heavy atom. The number of carboxylic acids is 1. The monoisotopic (exact) mass is 284 g/mol. The summed E-state index contributed by atoms with van der Waals surface area (Å²) >= 11 is 6.06. The molecule has 0 spiro atoms. The van der Waals surface area contributed by atoms with Crippen LogP contribution in [0.15, 0.2) is 12.1 Å². The number of benzene rings is 1. The van der Waals surface area contributed by atoms with Gasteiger partial charge in [0.05, 0.1) is 20.1 Å². The molecule has 0 aliphatic heterocycles. The van der Waals surface area contributed by atoms with E-state index in [2.05, 4.69) is 0 Å². The highest BCUT2D eigenvalue weighted by molar-refractivity contribution is 6.30. The Balaban J connectivity index is 2.50. The Kier molecular flexibility index (Phi) is 4.02. The molecule has 5 heteroatoms. The number of aliphatic carboxylic acids is 1.